The van der Waals surface area contributed by atoms with E-state index >= 15 is 0 Å². The summed E-state index contributed by atoms with van der Waals surface area (Å²) in [5, 5.41) is 0. The number of carbonyl (C=O) groups excluding carboxylic acids is 1. The van der Waals surface area contributed by atoms with Gasteiger partial charge >= 0.3 is 0 Å². The highest BCUT2D eigenvalue weighted by atomic mass is 16.5. The van der Waals surface area contributed by atoms with Crippen molar-refractivity contribution in [3.05, 3.63) is 0 Å². The van der Waals surface area contributed by atoms with Crippen molar-refractivity contribution in [2.24, 2.45) is 5.41 Å². The molecule has 14 heavy (non-hydrogen) atoms. The summed E-state index contributed by atoms with van der Waals surface area (Å²) in [6.45, 7) is 8.76. The third-order valence-corrected chi connectivity index (χ3v) is 1.91. The highest BCUT2D eigenvalue weighted by molar-refractivity contribution is 5.85. The first-order valence-corrected chi connectivity index (χ1v) is 5.06. The molecular weight excluding hydrogens is 180 g/mol. The minimum atomic E-state index is -0.376. The van der Waals surface area contributed by atoms with Crippen molar-refractivity contribution in [2.45, 2.75) is 40.2 Å². The Morgan fingerprint density at radius 3 is 2.29 bits per heavy atom. The van der Waals surface area contributed by atoms with Gasteiger partial charge in [-0.25, -0.2) is 0 Å². The summed E-state index contributed by atoms with van der Waals surface area (Å²) in [5.74, 6) is 0.0217. The molecule has 0 aromatic heterocycles. The van der Waals surface area contributed by atoms with Crippen molar-refractivity contribution >= 4 is 5.78 Å². The van der Waals surface area contributed by atoms with E-state index in [2.05, 4.69) is 0 Å². The van der Waals surface area contributed by atoms with Gasteiger partial charge in [-0.15, -0.1) is 0 Å². The number of rotatable bonds is 6. The van der Waals surface area contributed by atoms with Gasteiger partial charge in [0.05, 0.1) is 0 Å². The van der Waals surface area contributed by atoms with Gasteiger partial charge in [-0.2, -0.15) is 0 Å². The maximum atomic E-state index is 11.6. The highest BCUT2D eigenvalue weighted by Gasteiger charge is 2.30. The number of hydrogen-bond donors (Lipinski definition) is 0. The van der Waals surface area contributed by atoms with Crippen molar-refractivity contribution in [1.82, 2.24) is 0 Å². The van der Waals surface area contributed by atoms with Crippen LogP contribution >= 0.6 is 0 Å². The lowest BCUT2D eigenvalue weighted by molar-refractivity contribution is -0.139. The topological polar surface area (TPSA) is 35.5 Å². The average molecular weight is 202 g/mol. The second kappa shape index (κ2) is 6.14. The Bertz CT molecular complexity index is 170. The van der Waals surface area contributed by atoms with E-state index in [1.807, 2.05) is 27.7 Å². The zero-order valence-electron chi connectivity index (χ0n) is 9.92. The summed E-state index contributed by atoms with van der Waals surface area (Å²) in [6.07, 6.45) is 0.555. The molecule has 0 radical (unpaired) electrons. The van der Waals surface area contributed by atoms with Gasteiger partial charge in [-0.1, -0.05) is 27.7 Å². The maximum absolute atomic E-state index is 11.6. The lowest BCUT2D eigenvalue weighted by atomic mass is 9.86. The molecule has 1 atom stereocenters. The minimum Gasteiger partial charge on any atom is -0.374 e. The Kier molecular flexibility index (Phi) is 5.96. The summed E-state index contributed by atoms with van der Waals surface area (Å²) in [6, 6.07) is 0. The van der Waals surface area contributed by atoms with Crippen LogP contribution in [-0.4, -0.2) is 32.2 Å². The first kappa shape index (κ1) is 13.6. The number of methoxy groups -OCH3 is 1. The Balaban J connectivity index is 4.06. The predicted molar refractivity (Wildman–Crippen MR) is 56.4 cm³/mol. The molecule has 0 aliphatic rings. The van der Waals surface area contributed by atoms with Gasteiger partial charge in [0.15, 0.2) is 5.78 Å². The molecule has 1 unspecified atom stereocenters. The first-order chi connectivity index (χ1) is 6.43. The van der Waals surface area contributed by atoms with E-state index in [0.717, 1.165) is 6.42 Å². The normalized spacial score (nSPS) is 14.1. The maximum Gasteiger partial charge on any atom is 0.187 e. The fourth-order valence-corrected chi connectivity index (χ4v) is 1.36. The van der Waals surface area contributed by atoms with Crippen molar-refractivity contribution in [3.8, 4) is 0 Å². The average Bonchev–Trinajstić information content (AvgIpc) is 2.03. The van der Waals surface area contributed by atoms with Gasteiger partial charge in [-0.3, -0.25) is 4.79 Å². The molecule has 0 rings (SSSR count). The fourth-order valence-electron chi connectivity index (χ4n) is 1.36. The van der Waals surface area contributed by atoms with E-state index in [-0.39, 0.29) is 23.9 Å². The summed E-state index contributed by atoms with van der Waals surface area (Å²) in [7, 11) is 1.56. The Morgan fingerprint density at radius 1 is 1.36 bits per heavy atom. The van der Waals surface area contributed by atoms with Crippen LogP contribution in [0.2, 0.25) is 0 Å². The molecule has 0 N–H and O–H groups in total. The van der Waals surface area contributed by atoms with E-state index < -0.39 is 0 Å². The highest BCUT2D eigenvalue weighted by Crippen LogP contribution is 2.22. The molecule has 0 saturated carbocycles. The molecule has 0 fully saturated rings. The largest absolute Gasteiger partial charge is 0.374 e. The zero-order chi connectivity index (χ0) is 11.2. The molecule has 0 aliphatic carbocycles. The molecule has 0 aliphatic heterocycles. The van der Waals surface area contributed by atoms with E-state index in [1.165, 1.54) is 0 Å². The van der Waals surface area contributed by atoms with Crippen LogP contribution in [0.3, 0.4) is 0 Å². The molecule has 0 bridgehead atoms. The fraction of sp³-hybridized carbons (Fsp3) is 0.909. The van der Waals surface area contributed by atoms with Crippen LogP contribution in [0.15, 0.2) is 0 Å². The van der Waals surface area contributed by atoms with E-state index in [9.17, 15) is 4.79 Å². The number of ether oxygens (including phenoxy) is 2. The summed E-state index contributed by atoms with van der Waals surface area (Å²) < 4.78 is 10.4. The van der Waals surface area contributed by atoms with Crippen LogP contribution in [0.25, 0.3) is 0 Å². The Morgan fingerprint density at radius 2 is 1.93 bits per heavy atom. The van der Waals surface area contributed by atoms with Crippen molar-refractivity contribution < 1.29 is 14.3 Å². The van der Waals surface area contributed by atoms with Crippen molar-refractivity contribution in [2.75, 3.05) is 20.3 Å². The molecule has 84 valence electrons. The third-order valence-electron chi connectivity index (χ3n) is 1.91. The monoisotopic (exact) mass is 202 g/mol. The van der Waals surface area contributed by atoms with Gasteiger partial charge < -0.3 is 9.47 Å². The van der Waals surface area contributed by atoms with E-state index in [1.54, 1.807) is 7.11 Å². The molecule has 0 heterocycles. The van der Waals surface area contributed by atoms with Gasteiger partial charge in [0, 0.05) is 13.7 Å². The van der Waals surface area contributed by atoms with Crippen LogP contribution in [-0.2, 0) is 14.3 Å². The quantitative estimate of drug-likeness (QED) is 0.618. The molecule has 0 amide bonds. The summed E-state index contributed by atoms with van der Waals surface area (Å²) in [4.78, 5) is 11.6. The van der Waals surface area contributed by atoms with E-state index in [4.69, 9.17) is 9.47 Å². The second-order valence-electron chi connectivity index (χ2n) is 4.50. The minimum absolute atomic E-state index is 0.0217. The molecule has 0 saturated heterocycles. The predicted octanol–water partition coefficient (Wildman–Crippen LogP) is 2.04. The molecule has 0 spiro atoms. The molecule has 3 nitrogen and oxygen atoms in total. The van der Waals surface area contributed by atoms with Gasteiger partial charge in [0.2, 0.25) is 0 Å². The van der Waals surface area contributed by atoms with Crippen LogP contribution in [0.5, 0.6) is 0 Å². The number of ketones is 1. The van der Waals surface area contributed by atoms with Crippen molar-refractivity contribution in [3.63, 3.8) is 0 Å². The third kappa shape index (κ3) is 4.72. The van der Waals surface area contributed by atoms with Crippen LogP contribution in [0.4, 0.5) is 0 Å². The number of Topliss-reactive ketones (excluding diaryl/α,β-unsaturated/α-hetero) is 1. The standard InChI is InChI=1S/C11H22O3/c1-6-7-14-8-9(12)10(13-5)11(2,3)4/h10H,6-8H2,1-5H3. The van der Waals surface area contributed by atoms with Crippen LogP contribution in [0, 0.1) is 5.41 Å². The molecule has 0 aromatic carbocycles. The first-order valence-electron chi connectivity index (χ1n) is 5.06. The van der Waals surface area contributed by atoms with Crippen LogP contribution < -0.4 is 0 Å². The SMILES string of the molecule is CCCOCC(=O)C(OC)C(C)(C)C. The molecule has 0 aromatic rings. The van der Waals surface area contributed by atoms with Crippen LogP contribution in [0.1, 0.15) is 34.1 Å². The van der Waals surface area contributed by atoms with Gasteiger partial charge in [-0.05, 0) is 11.8 Å². The van der Waals surface area contributed by atoms with Gasteiger partial charge in [0.25, 0.3) is 0 Å². The zero-order valence-corrected chi connectivity index (χ0v) is 9.92. The summed E-state index contributed by atoms with van der Waals surface area (Å²) in [5.41, 5.74) is -0.165. The van der Waals surface area contributed by atoms with Crippen molar-refractivity contribution in [1.29, 1.82) is 0 Å². The smallest absolute Gasteiger partial charge is 0.187 e. The lowest BCUT2D eigenvalue weighted by Crippen LogP contribution is -2.38. The lowest BCUT2D eigenvalue weighted by Gasteiger charge is -2.27. The molecule has 3 heteroatoms. The Labute approximate surface area is 86.8 Å². The summed E-state index contributed by atoms with van der Waals surface area (Å²) >= 11 is 0. The molecular formula is C11H22O3. The Hall–Kier alpha value is -0.410. The second-order valence-corrected chi connectivity index (χ2v) is 4.50. The van der Waals surface area contributed by atoms with Gasteiger partial charge in [0.1, 0.15) is 12.7 Å². The van der Waals surface area contributed by atoms with E-state index in [0.29, 0.717) is 6.61 Å². The number of carbonyl (C=O) groups is 1. The number of hydrogen-bond acceptors (Lipinski definition) is 3.